The van der Waals surface area contributed by atoms with Crippen molar-refractivity contribution in [2.24, 2.45) is 5.73 Å². The summed E-state index contributed by atoms with van der Waals surface area (Å²) in [4.78, 5) is 37.7. The number of benzene rings is 1. The van der Waals surface area contributed by atoms with Crippen molar-refractivity contribution in [2.45, 2.75) is 32.4 Å². The van der Waals surface area contributed by atoms with Crippen LogP contribution < -0.4 is 16.4 Å². The molecule has 0 spiro atoms. The van der Waals surface area contributed by atoms with Crippen LogP contribution in [0.5, 0.6) is 5.75 Å². The Morgan fingerprint density at radius 1 is 1.21 bits per heavy atom. The highest BCUT2D eigenvalue weighted by Gasteiger charge is 2.25. The van der Waals surface area contributed by atoms with Crippen molar-refractivity contribution < 1.29 is 24.2 Å². The second-order valence-corrected chi connectivity index (χ2v) is 7.74. The smallest absolute Gasteiger partial charge is 0.329 e. The van der Waals surface area contributed by atoms with E-state index in [0.717, 1.165) is 16.9 Å². The number of hydrogen-bond acceptors (Lipinski definition) is 7. The van der Waals surface area contributed by atoms with Crippen LogP contribution in [0.2, 0.25) is 0 Å². The van der Waals surface area contributed by atoms with Gasteiger partial charge in [-0.25, -0.2) is 4.79 Å². The third-order valence-electron chi connectivity index (χ3n) is 4.20. The molecule has 5 N–H and O–H groups in total. The Bertz CT molecular complexity index is 894. The van der Waals surface area contributed by atoms with Crippen LogP contribution in [0.4, 0.5) is 0 Å². The van der Waals surface area contributed by atoms with Crippen molar-refractivity contribution in [3.05, 3.63) is 51.2 Å². The molecule has 0 unspecified atom stereocenters. The molecule has 2 rings (SSSR count). The molecular weight excluding hydrogens is 394 g/mol. The Hall–Kier alpha value is -2.91. The lowest BCUT2D eigenvalue weighted by Gasteiger charge is -2.15. The molecular formula is C20H25N3O5S. The van der Waals surface area contributed by atoms with Crippen LogP contribution in [0.25, 0.3) is 0 Å². The van der Waals surface area contributed by atoms with Gasteiger partial charge in [0.2, 0.25) is 0 Å². The van der Waals surface area contributed by atoms with Crippen LogP contribution in [0.3, 0.4) is 0 Å². The zero-order valence-corrected chi connectivity index (χ0v) is 17.3. The standard InChI is InChI=1S/C20H25N3O5S/c1-11(2)14-8-16(18(25)22-10-12-5-4-6-13(24)7-12)29-17(14)19(26)23-15(9-21)20(27)28-3/h4-8,11,15,24H,9-10,21H2,1-3H3,(H,22,25)(H,23,26)/t15-/m0/s1. The molecule has 2 aromatic rings. The molecule has 1 heterocycles. The van der Waals surface area contributed by atoms with Gasteiger partial charge in [0.1, 0.15) is 11.8 Å². The molecule has 0 saturated carbocycles. The Balaban J connectivity index is 2.17. The van der Waals surface area contributed by atoms with Gasteiger partial charge in [-0.15, -0.1) is 11.3 Å². The highest BCUT2D eigenvalue weighted by atomic mass is 32.1. The predicted molar refractivity (Wildman–Crippen MR) is 110 cm³/mol. The van der Waals surface area contributed by atoms with E-state index in [1.807, 2.05) is 13.8 Å². The van der Waals surface area contributed by atoms with Crippen molar-refractivity contribution in [3.8, 4) is 5.75 Å². The summed E-state index contributed by atoms with van der Waals surface area (Å²) in [7, 11) is 1.22. The van der Waals surface area contributed by atoms with E-state index in [-0.39, 0.29) is 30.7 Å². The number of nitrogens with one attached hydrogen (secondary N) is 2. The van der Waals surface area contributed by atoms with Gasteiger partial charge in [0.05, 0.1) is 16.9 Å². The van der Waals surface area contributed by atoms with E-state index in [9.17, 15) is 19.5 Å². The van der Waals surface area contributed by atoms with E-state index in [4.69, 9.17) is 5.73 Å². The Morgan fingerprint density at radius 2 is 1.93 bits per heavy atom. The average molecular weight is 420 g/mol. The van der Waals surface area contributed by atoms with E-state index in [2.05, 4.69) is 15.4 Å². The molecule has 0 radical (unpaired) electrons. The summed E-state index contributed by atoms with van der Waals surface area (Å²) >= 11 is 1.05. The van der Waals surface area contributed by atoms with Gasteiger partial charge in [0, 0.05) is 13.1 Å². The second kappa shape index (κ2) is 10.0. The molecule has 0 aliphatic rings. The third-order valence-corrected chi connectivity index (χ3v) is 5.35. The number of carbonyl (C=O) groups is 3. The van der Waals surface area contributed by atoms with Crippen LogP contribution in [0, 0.1) is 0 Å². The van der Waals surface area contributed by atoms with Crippen LogP contribution in [-0.4, -0.2) is 42.6 Å². The molecule has 2 amide bonds. The fourth-order valence-corrected chi connectivity index (χ4v) is 3.77. The van der Waals surface area contributed by atoms with E-state index in [1.165, 1.54) is 7.11 Å². The van der Waals surface area contributed by atoms with Crippen LogP contribution in [0.1, 0.15) is 50.2 Å². The fraction of sp³-hybridized carbons (Fsp3) is 0.350. The number of thiophene rings is 1. The van der Waals surface area contributed by atoms with E-state index < -0.39 is 17.9 Å². The molecule has 0 saturated heterocycles. The Labute approximate surface area is 173 Å². The van der Waals surface area contributed by atoms with E-state index in [1.54, 1.807) is 30.3 Å². The van der Waals surface area contributed by atoms with Crippen molar-refractivity contribution in [1.82, 2.24) is 10.6 Å². The first-order valence-corrected chi connectivity index (χ1v) is 9.87. The second-order valence-electron chi connectivity index (χ2n) is 6.69. The zero-order valence-electron chi connectivity index (χ0n) is 16.5. The van der Waals surface area contributed by atoms with Gasteiger partial charge < -0.3 is 26.2 Å². The summed E-state index contributed by atoms with van der Waals surface area (Å²) in [6.07, 6.45) is 0. The summed E-state index contributed by atoms with van der Waals surface area (Å²) < 4.78 is 4.63. The van der Waals surface area contributed by atoms with Gasteiger partial charge in [0.15, 0.2) is 0 Å². The highest BCUT2D eigenvalue weighted by molar-refractivity contribution is 7.16. The molecule has 1 aromatic heterocycles. The number of phenols is 1. The van der Waals surface area contributed by atoms with Crippen LogP contribution in [-0.2, 0) is 16.1 Å². The fourth-order valence-electron chi connectivity index (χ4n) is 2.64. The number of hydrogen-bond donors (Lipinski definition) is 4. The van der Waals surface area contributed by atoms with E-state index in [0.29, 0.717) is 15.3 Å². The van der Waals surface area contributed by atoms with Crippen molar-refractivity contribution in [2.75, 3.05) is 13.7 Å². The minimum Gasteiger partial charge on any atom is -0.508 e. The normalized spacial score (nSPS) is 11.8. The van der Waals surface area contributed by atoms with Gasteiger partial charge in [0.25, 0.3) is 11.8 Å². The number of amides is 2. The first-order valence-electron chi connectivity index (χ1n) is 9.05. The molecule has 156 valence electrons. The summed E-state index contributed by atoms with van der Waals surface area (Å²) in [6.45, 7) is 3.96. The van der Waals surface area contributed by atoms with Crippen molar-refractivity contribution in [1.29, 1.82) is 0 Å². The maximum Gasteiger partial charge on any atom is 0.329 e. The maximum absolute atomic E-state index is 12.7. The van der Waals surface area contributed by atoms with Gasteiger partial charge in [-0.1, -0.05) is 26.0 Å². The molecule has 0 fully saturated rings. The number of aromatic hydroxyl groups is 1. The number of esters is 1. The molecule has 1 atom stereocenters. The minimum atomic E-state index is -0.961. The highest BCUT2D eigenvalue weighted by Crippen LogP contribution is 2.29. The van der Waals surface area contributed by atoms with Gasteiger partial charge in [-0.2, -0.15) is 0 Å². The lowest BCUT2D eigenvalue weighted by Crippen LogP contribution is -2.46. The SMILES string of the molecule is COC(=O)[C@H](CN)NC(=O)c1sc(C(=O)NCc2cccc(O)c2)cc1C(C)C. The third kappa shape index (κ3) is 5.78. The lowest BCUT2D eigenvalue weighted by molar-refractivity contribution is -0.142. The van der Waals surface area contributed by atoms with Crippen molar-refractivity contribution >= 4 is 29.1 Å². The lowest BCUT2D eigenvalue weighted by atomic mass is 10.0. The minimum absolute atomic E-state index is 0.00549. The van der Waals surface area contributed by atoms with Gasteiger partial charge in [-0.3, -0.25) is 9.59 Å². The molecule has 8 nitrogen and oxygen atoms in total. The van der Waals surface area contributed by atoms with Gasteiger partial charge in [-0.05, 0) is 35.2 Å². The number of ether oxygens (including phenoxy) is 1. The quantitative estimate of drug-likeness (QED) is 0.482. The zero-order chi connectivity index (χ0) is 21.6. The topological polar surface area (TPSA) is 131 Å². The van der Waals surface area contributed by atoms with E-state index >= 15 is 0 Å². The first-order chi connectivity index (χ1) is 13.8. The number of rotatable bonds is 8. The average Bonchev–Trinajstić information content (AvgIpc) is 3.15. The first kappa shape index (κ1) is 22.4. The number of carbonyl (C=O) groups excluding carboxylic acids is 3. The number of nitrogens with two attached hydrogens (primary N) is 1. The monoisotopic (exact) mass is 419 g/mol. The van der Waals surface area contributed by atoms with Crippen LogP contribution in [0.15, 0.2) is 30.3 Å². The predicted octanol–water partition coefficient (Wildman–Crippen LogP) is 1.74. The Kier molecular flexibility index (Phi) is 7.74. The molecule has 9 heteroatoms. The van der Waals surface area contributed by atoms with Crippen molar-refractivity contribution in [3.63, 3.8) is 0 Å². The largest absolute Gasteiger partial charge is 0.508 e. The number of phenolic OH excluding ortho intramolecular Hbond substituents is 1. The van der Waals surface area contributed by atoms with Crippen LogP contribution >= 0.6 is 11.3 Å². The molecule has 0 aliphatic heterocycles. The molecule has 0 bridgehead atoms. The summed E-state index contributed by atoms with van der Waals surface area (Å²) in [5.74, 6) is -1.33. The van der Waals surface area contributed by atoms with Gasteiger partial charge >= 0.3 is 5.97 Å². The Morgan fingerprint density at radius 3 is 2.52 bits per heavy atom. The number of methoxy groups -OCH3 is 1. The summed E-state index contributed by atoms with van der Waals surface area (Å²) in [5, 5.41) is 14.8. The molecule has 0 aliphatic carbocycles. The summed E-state index contributed by atoms with van der Waals surface area (Å²) in [6, 6.07) is 7.30. The summed E-state index contributed by atoms with van der Waals surface area (Å²) in [5.41, 5.74) is 6.99. The molecule has 1 aromatic carbocycles. The maximum atomic E-state index is 12.7. The molecule has 29 heavy (non-hydrogen) atoms.